The first-order chi connectivity index (χ1) is 12.7. The van der Waals surface area contributed by atoms with E-state index < -0.39 is 35.8 Å². The molecule has 0 aliphatic rings. The lowest BCUT2D eigenvalue weighted by Crippen LogP contribution is -2.55. The van der Waals surface area contributed by atoms with Crippen molar-refractivity contribution < 1.29 is 24.3 Å². The number of nitrogens with one attached hydrogen (secondary N) is 3. The molecule has 2 atom stereocenters. The van der Waals surface area contributed by atoms with Crippen molar-refractivity contribution in [3.05, 3.63) is 35.9 Å². The highest BCUT2D eigenvalue weighted by Gasteiger charge is 2.28. The molecule has 0 aliphatic heterocycles. The van der Waals surface area contributed by atoms with Gasteiger partial charge >= 0.3 is 5.97 Å². The Labute approximate surface area is 157 Å². The van der Waals surface area contributed by atoms with Crippen LogP contribution in [-0.2, 0) is 25.6 Å². The van der Waals surface area contributed by atoms with Crippen molar-refractivity contribution in [2.45, 2.75) is 32.4 Å². The van der Waals surface area contributed by atoms with Crippen LogP contribution < -0.4 is 21.7 Å². The van der Waals surface area contributed by atoms with Crippen LogP contribution in [0, 0.1) is 5.92 Å². The molecule has 0 saturated heterocycles. The van der Waals surface area contributed by atoms with Crippen molar-refractivity contribution in [1.29, 1.82) is 0 Å². The van der Waals surface area contributed by atoms with Gasteiger partial charge in [0.05, 0.1) is 13.1 Å². The molecule has 148 valence electrons. The molecule has 1 aromatic carbocycles. The zero-order valence-electron chi connectivity index (χ0n) is 15.4. The number of carboxylic acids is 1. The lowest BCUT2D eigenvalue weighted by Gasteiger charge is -2.24. The minimum absolute atomic E-state index is 0.118. The van der Waals surface area contributed by atoms with E-state index in [2.05, 4.69) is 16.0 Å². The Balaban J connectivity index is 2.73. The van der Waals surface area contributed by atoms with Crippen molar-refractivity contribution in [3.8, 4) is 0 Å². The summed E-state index contributed by atoms with van der Waals surface area (Å²) in [4.78, 5) is 47.1. The second-order valence-electron chi connectivity index (χ2n) is 6.36. The summed E-state index contributed by atoms with van der Waals surface area (Å²) in [6.45, 7) is 2.87. The molecular weight excluding hydrogens is 352 g/mol. The zero-order chi connectivity index (χ0) is 20.4. The largest absolute Gasteiger partial charge is 0.480 e. The monoisotopic (exact) mass is 378 g/mol. The molecule has 0 aromatic heterocycles. The number of carboxylic acid groups (broad SMARTS) is 1. The van der Waals surface area contributed by atoms with E-state index in [1.54, 1.807) is 38.1 Å². The molecule has 9 nitrogen and oxygen atoms in total. The molecule has 0 bridgehead atoms. The number of carbonyl (C=O) groups excluding carboxylic acids is 3. The summed E-state index contributed by atoms with van der Waals surface area (Å²) in [6, 6.07) is 6.84. The van der Waals surface area contributed by atoms with Crippen molar-refractivity contribution in [1.82, 2.24) is 16.0 Å². The fourth-order valence-corrected chi connectivity index (χ4v) is 2.32. The molecule has 0 spiro atoms. The molecule has 1 rings (SSSR count). The molecule has 3 amide bonds. The molecule has 0 radical (unpaired) electrons. The van der Waals surface area contributed by atoms with Crippen LogP contribution in [0.1, 0.15) is 19.4 Å². The molecule has 0 saturated carbocycles. The SMILES string of the molecule is CC(C)C(NC(=O)CNC(=O)CN)C(=O)NC(Cc1ccccc1)C(=O)O. The second kappa shape index (κ2) is 10.9. The Morgan fingerprint density at radius 3 is 2.19 bits per heavy atom. The summed E-state index contributed by atoms with van der Waals surface area (Å²) in [7, 11) is 0. The van der Waals surface area contributed by atoms with Crippen LogP contribution in [0.2, 0.25) is 0 Å². The fourth-order valence-electron chi connectivity index (χ4n) is 2.32. The van der Waals surface area contributed by atoms with E-state index >= 15 is 0 Å². The van der Waals surface area contributed by atoms with E-state index in [9.17, 15) is 24.3 Å². The maximum absolute atomic E-state index is 12.5. The Morgan fingerprint density at radius 1 is 1.04 bits per heavy atom. The summed E-state index contributed by atoms with van der Waals surface area (Å²) < 4.78 is 0. The van der Waals surface area contributed by atoms with Crippen LogP contribution in [0.5, 0.6) is 0 Å². The average molecular weight is 378 g/mol. The van der Waals surface area contributed by atoms with Gasteiger partial charge in [0.1, 0.15) is 12.1 Å². The highest BCUT2D eigenvalue weighted by molar-refractivity contribution is 5.92. The number of rotatable bonds is 10. The van der Waals surface area contributed by atoms with Gasteiger partial charge in [0.2, 0.25) is 17.7 Å². The molecule has 9 heteroatoms. The number of aliphatic carboxylic acids is 1. The van der Waals surface area contributed by atoms with Gasteiger partial charge in [-0.3, -0.25) is 14.4 Å². The Hall–Kier alpha value is -2.94. The van der Waals surface area contributed by atoms with E-state index in [0.29, 0.717) is 0 Å². The number of hydrogen-bond donors (Lipinski definition) is 5. The van der Waals surface area contributed by atoms with Gasteiger partial charge in [-0.15, -0.1) is 0 Å². The first-order valence-electron chi connectivity index (χ1n) is 8.57. The van der Waals surface area contributed by atoms with Gasteiger partial charge in [-0.1, -0.05) is 44.2 Å². The first-order valence-corrected chi connectivity index (χ1v) is 8.57. The highest BCUT2D eigenvalue weighted by Crippen LogP contribution is 2.06. The van der Waals surface area contributed by atoms with Crippen LogP contribution in [0.15, 0.2) is 30.3 Å². The zero-order valence-corrected chi connectivity index (χ0v) is 15.4. The number of hydrogen-bond acceptors (Lipinski definition) is 5. The van der Waals surface area contributed by atoms with Gasteiger partial charge in [-0.25, -0.2) is 4.79 Å². The summed E-state index contributed by atoms with van der Waals surface area (Å²) in [5.41, 5.74) is 5.90. The van der Waals surface area contributed by atoms with Gasteiger partial charge in [0.25, 0.3) is 0 Å². The highest BCUT2D eigenvalue weighted by atomic mass is 16.4. The van der Waals surface area contributed by atoms with Crippen molar-refractivity contribution >= 4 is 23.7 Å². The number of amides is 3. The molecular formula is C18H26N4O5. The molecule has 27 heavy (non-hydrogen) atoms. The number of nitrogens with two attached hydrogens (primary N) is 1. The Morgan fingerprint density at radius 2 is 1.67 bits per heavy atom. The Bertz CT molecular complexity index is 663. The topological polar surface area (TPSA) is 151 Å². The third-order valence-electron chi connectivity index (χ3n) is 3.79. The van der Waals surface area contributed by atoms with Crippen LogP contribution in [0.3, 0.4) is 0 Å². The summed E-state index contributed by atoms with van der Waals surface area (Å²) in [5.74, 6) is -3.13. The number of benzene rings is 1. The number of carbonyl (C=O) groups is 4. The summed E-state index contributed by atoms with van der Waals surface area (Å²) in [6.07, 6.45) is 0.118. The lowest BCUT2D eigenvalue weighted by atomic mass is 10.0. The molecule has 0 fully saturated rings. The molecule has 0 heterocycles. The van der Waals surface area contributed by atoms with E-state index in [1.807, 2.05) is 6.07 Å². The lowest BCUT2D eigenvalue weighted by molar-refractivity contribution is -0.142. The van der Waals surface area contributed by atoms with Crippen molar-refractivity contribution in [2.24, 2.45) is 11.7 Å². The summed E-state index contributed by atoms with van der Waals surface area (Å²) in [5, 5.41) is 16.7. The third-order valence-corrected chi connectivity index (χ3v) is 3.79. The average Bonchev–Trinajstić information content (AvgIpc) is 2.63. The smallest absolute Gasteiger partial charge is 0.326 e. The second-order valence-corrected chi connectivity index (χ2v) is 6.36. The summed E-state index contributed by atoms with van der Waals surface area (Å²) >= 11 is 0. The minimum atomic E-state index is -1.17. The van der Waals surface area contributed by atoms with E-state index in [-0.39, 0.29) is 25.4 Å². The maximum atomic E-state index is 12.5. The predicted molar refractivity (Wildman–Crippen MR) is 98.5 cm³/mol. The van der Waals surface area contributed by atoms with Crippen molar-refractivity contribution in [3.63, 3.8) is 0 Å². The minimum Gasteiger partial charge on any atom is -0.480 e. The van der Waals surface area contributed by atoms with E-state index in [1.165, 1.54) is 0 Å². The van der Waals surface area contributed by atoms with Gasteiger partial charge in [-0.2, -0.15) is 0 Å². The third kappa shape index (κ3) is 7.87. The quantitative estimate of drug-likeness (QED) is 0.353. The van der Waals surface area contributed by atoms with Gasteiger partial charge < -0.3 is 26.8 Å². The fraction of sp³-hybridized carbons (Fsp3) is 0.444. The standard InChI is InChI=1S/C18H26N4O5/c1-11(2)16(22-15(24)10-20-14(23)9-19)17(25)21-13(18(26)27)8-12-6-4-3-5-7-12/h3-7,11,13,16H,8-10,19H2,1-2H3,(H,20,23)(H,21,25)(H,22,24)(H,26,27). The molecule has 2 unspecified atom stereocenters. The normalized spacial score (nSPS) is 12.7. The van der Waals surface area contributed by atoms with Crippen molar-refractivity contribution in [2.75, 3.05) is 13.1 Å². The Kier molecular flexibility index (Phi) is 8.94. The first kappa shape index (κ1) is 22.1. The van der Waals surface area contributed by atoms with Crippen LogP contribution in [0.25, 0.3) is 0 Å². The molecule has 1 aromatic rings. The van der Waals surface area contributed by atoms with E-state index in [4.69, 9.17) is 5.73 Å². The van der Waals surface area contributed by atoms with Crippen LogP contribution in [0.4, 0.5) is 0 Å². The molecule has 0 aliphatic carbocycles. The molecule has 6 N–H and O–H groups in total. The van der Waals surface area contributed by atoms with Gasteiger partial charge in [-0.05, 0) is 11.5 Å². The van der Waals surface area contributed by atoms with Crippen LogP contribution in [-0.4, -0.2) is 54.0 Å². The maximum Gasteiger partial charge on any atom is 0.326 e. The van der Waals surface area contributed by atoms with Gasteiger partial charge in [0.15, 0.2) is 0 Å². The van der Waals surface area contributed by atoms with Crippen LogP contribution >= 0.6 is 0 Å². The van der Waals surface area contributed by atoms with Gasteiger partial charge in [0, 0.05) is 6.42 Å². The predicted octanol–water partition coefficient (Wildman–Crippen LogP) is -0.986. The van der Waals surface area contributed by atoms with E-state index in [0.717, 1.165) is 5.56 Å².